The lowest BCUT2D eigenvalue weighted by Crippen LogP contribution is -2.33. The fraction of sp³-hybridized carbons (Fsp3) is 0.786. The molecular formula is C28H46O4S2. The Morgan fingerprint density at radius 2 is 1.56 bits per heavy atom. The van der Waals surface area contributed by atoms with Crippen LogP contribution in [0.2, 0.25) is 0 Å². The highest BCUT2D eigenvalue weighted by molar-refractivity contribution is 8.02. The molecule has 0 N–H and O–H groups in total. The summed E-state index contributed by atoms with van der Waals surface area (Å²) in [6, 6.07) is 0. The van der Waals surface area contributed by atoms with E-state index in [2.05, 4.69) is 39.8 Å². The lowest BCUT2D eigenvalue weighted by atomic mass is 9.78. The maximum Gasteiger partial charge on any atom is 0.318 e. The van der Waals surface area contributed by atoms with Crippen LogP contribution in [0.3, 0.4) is 0 Å². The van der Waals surface area contributed by atoms with Gasteiger partial charge in [-0.2, -0.15) is 0 Å². The van der Waals surface area contributed by atoms with Gasteiger partial charge in [0.15, 0.2) is 0 Å². The van der Waals surface area contributed by atoms with Crippen molar-refractivity contribution < 1.29 is 19.1 Å². The molecule has 2 aliphatic carbocycles. The summed E-state index contributed by atoms with van der Waals surface area (Å²) in [7, 11) is 2.94. The highest BCUT2D eigenvalue weighted by Crippen LogP contribution is 2.44. The molecule has 0 aromatic heterocycles. The van der Waals surface area contributed by atoms with E-state index >= 15 is 0 Å². The summed E-state index contributed by atoms with van der Waals surface area (Å²) in [6.45, 7) is 13.0. The van der Waals surface area contributed by atoms with E-state index in [1.807, 2.05) is 13.8 Å². The molecule has 0 aromatic rings. The number of hydrogen-bond donors (Lipinski definition) is 0. The van der Waals surface area contributed by atoms with Crippen LogP contribution in [-0.4, -0.2) is 46.7 Å². The van der Waals surface area contributed by atoms with Crippen molar-refractivity contribution in [2.45, 2.75) is 107 Å². The van der Waals surface area contributed by atoms with Crippen LogP contribution in [0.5, 0.6) is 0 Å². The predicted molar refractivity (Wildman–Crippen MR) is 146 cm³/mol. The van der Waals surface area contributed by atoms with Crippen molar-refractivity contribution >= 4 is 35.5 Å². The number of allylic oxidation sites excluding steroid dienone is 3. The van der Waals surface area contributed by atoms with Gasteiger partial charge in [-0.05, 0) is 76.5 Å². The van der Waals surface area contributed by atoms with E-state index in [0.717, 1.165) is 25.7 Å². The second-order valence-electron chi connectivity index (χ2n) is 10.8. The fourth-order valence-electron chi connectivity index (χ4n) is 5.31. The first-order valence-electron chi connectivity index (χ1n) is 12.8. The summed E-state index contributed by atoms with van der Waals surface area (Å²) < 4.78 is 9.93. The minimum absolute atomic E-state index is 0.0498. The van der Waals surface area contributed by atoms with Gasteiger partial charge in [0.25, 0.3) is 0 Å². The first-order valence-corrected chi connectivity index (χ1v) is 14.7. The highest BCUT2D eigenvalue weighted by atomic mass is 32.2. The number of carbonyl (C=O) groups excluding carboxylic acids is 2. The molecule has 0 spiro atoms. The molecule has 0 saturated heterocycles. The molecule has 0 radical (unpaired) electrons. The Bertz CT molecular complexity index is 756. The van der Waals surface area contributed by atoms with Crippen molar-refractivity contribution in [3.8, 4) is 0 Å². The first-order chi connectivity index (χ1) is 16.0. The Morgan fingerprint density at radius 3 is 2.12 bits per heavy atom. The highest BCUT2D eigenvalue weighted by Gasteiger charge is 2.35. The molecule has 2 rings (SSSR count). The average molecular weight is 511 g/mol. The Labute approximate surface area is 216 Å². The van der Waals surface area contributed by atoms with E-state index in [9.17, 15) is 9.59 Å². The zero-order valence-electron chi connectivity index (χ0n) is 22.5. The maximum absolute atomic E-state index is 12.0. The Morgan fingerprint density at radius 1 is 0.971 bits per heavy atom. The monoisotopic (exact) mass is 510 g/mol. The molecule has 4 nitrogen and oxygen atoms in total. The number of methoxy groups -OCH3 is 2. The van der Waals surface area contributed by atoms with Crippen LogP contribution in [0.25, 0.3) is 0 Å². The largest absolute Gasteiger partial charge is 0.468 e. The van der Waals surface area contributed by atoms with Gasteiger partial charge in [-0.15, -0.1) is 23.5 Å². The second kappa shape index (κ2) is 13.4. The summed E-state index contributed by atoms with van der Waals surface area (Å²) in [5, 5.41) is 0.121. The summed E-state index contributed by atoms with van der Waals surface area (Å²) in [5.41, 5.74) is 3.13. The standard InChI is InChI=1S/C28H46O4S2/c1-18(2)24-16-13-22(17-25(24)33-19(3)26(29)31-7)10-9-21-11-14-23(15-12-21)28(5,6)34-20(4)27(30)32-8/h11,17-20,23-25H,9-10,12-16H2,1-8H3. The second-order valence-corrected chi connectivity index (χ2v) is 14.3. The fourth-order valence-corrected chi connectivity index (χ4v) is 8.42. The van der Waals surface area contributed by atoms with Crippen molar-refractivity contribution in [2.24, 2.45) is 17.8 Å². The summed E-state index contributed by atoms with van der Waals surface area (Å²) >= 11 is 3.51. The number of rotatable bonds is 11. The molecule has 0 bridgehead atoms. The van der Waals surface area contributed by atoms with Crippen LogP contribution < -0.4 is 0 Å². The summed E-state index contributed by atoms with van der Waals surface area (Å²) in [4.78, 5) is 23.8. The molecule has 6 heteroatoms. The Kier molecular flexibility index (Phi) is 11.6. The number of carbonyl (C=O) groups is 2. The first kappa shape index (κ1) is 29.4. The average Bonchev–Trinajstić information content (AvgIpc) is 2.81. The zero-order valence-corrected chi connectivity index (χ0v) is 24.2. The summed E-state index contributed by atoms with van der Waals surface area (Å²) in [5.74, 6) is 1.54. The molecule has 194 valence electrons. The van der Waals surface area contributed by atoms with E-state index in [1.54, 1.807) is 34.7 Å². The lowest BCUT2D eigenvalue weighted by molar-refractivity contribution is -0.140. The van der Waals surface area contributed by atoms with Crippen LogP contribution in [0.4, 0.5) is 0 Å². The van der Waals surface area contributed by atoms with Gasteiger partial charge in [0.2, 0.25) is 0 Å². The molecule has 0 fully saturated rings. The molecule has 2 aliphatic rings. The smallest absolute Gasteiger partial charge is 0.318 e. The van der Waals surface area contributed by atoms with Gasteiger partial charge in [-0.25, -0.2) is 0 Å². The van der Waals surface area contributed by atoms with Gasteiger partial charge in [0, 0.05) is 10.00 Å². The third-order valence-electron chi connectivity index (χ3n) is 7.64. The molecule has 34 heavy (non-hydrogen) atoms. The quantitative estimate of drug-likeness (QED) is 0.216. The van der Waals surface area contributed by atoms with Gasteiger partial charge < -0.3 is 9.47 Å². The van der Waals surface area contributed by atoms with E-state index in [0.29, 0.717) is 23.0 Å². The van der Waals surface area contributed by atoms with Crippen molar-refractivity contribution in [2.75, 3.05) is 14.2 Å². The Hall–Kier alpha value is -0.880. The van der Waals surface area contributed by atoms with Crippen molar-refractivity contribution in [3.05, 3.63) is 23.3 Å². The van der Waals surface area contributed by atoms with Crippen LogP contribution >= 0.6 is 23.5 Å². The van der Waals surface area contributed by atoms with Crippen molar-refractivity contribution in [3.63, 3.8) is 0 Å². The van der Waals surface area contributed by atoms with E-state index < -0.39 is 0 Å². The molecule has 0 saturated carbocycles. The van der Waals surface area contributed by atoms with Crippen LogP contribution in [0.15, 0.2) is 23.3 Å². The third-order valence-corrected chi connectivity index (χ3v) is 10.5. The summed E-state index contributed by atoms with van der Waals surface area (Å²) in [6.07, 6.45) is 13.0. The van der Waals surface area contributed by atoms with E-state index in [-0.39, 0.29) is 27.2 Å². The predicted octanol–water partition coefficient (Wildman–Crippen LogP) is 7.22. The topological polar surface area (TPSA) is 52.6 Å². The lowest BCUT2D eigenvalue weighted by Gasteiger charge is -2.37. The molecule has 0 aliphatic heterocycles. The SMILES string of the molecule is COC(=O)C(C)SC1C=C(CCC2=CCC(C(C)(C)SC(C)C(=O)OC)CC2)CCC1C(C)C. The normalized spacial score (nSPS) is 25.3. The van der Waals surface area contributed by atoms with Gasteiger partial charge in [0.1, 0.15) is 10.5 Å². The van der Waals surface area contributed by atoms with Gasteiger partial charge in [-0.1, -0.05) is 51.0 Å². The van der Waals surface area contributed by atoms with Gasteiger partial charge in [-0.3, -0.25) is 9.59 Å². The molecule has 5 atom stereocenters. The molecular weight excluding hydrogens is 464 g/mol. The van der Waals surface area contributed by atoms with Crippen molar-refractivity contribution in [1.29, 1.82) is 0 Å². The molecule has 5 unspecified atom stereocenters. The van der Waals surface area contributed by atoms with Gasteiger partial charge >= 0.3 is 11.9 Å². The zero-order chi connectivity index (χ0) is 25.5. The van der Waals surface area contributed by atoms with Crippen LogP contribution in [-0.2, 0) is 19.1 Å². The molecule has 0 aromatic carbocycles. The van der Waals surface area contributed by atoms with E-state index in [4.69, 9.17) is 9.47 Å². The number of ether oxygens (including phenoxy) is 2. The van der Waals surface area contributed by atoms with Crippen LogP contribution in [0, 0.1) is 17.8 Å². The minimum atomic E-state index is -0.136. The molecule has 0 heterocycles. The number of thioether (sulfide) groups is 2. The third kappa shape index (κ3) is 8.36. The number of hydrogen-bond acceptors (Lipinski definition) is 6. The van der Waals surface area contributed by atoms with E-state index in [1.165, 1.54) is 33.5 Å². The number of esters is 2. The maximum atomic E-state index is 12.0. The van der Waals surface area contributed by atoms with Crippen LogP contribution in [0.1, 0.15) is 86.5 Å². The molecule has 0 amide bonds. The minimum Gasteiger partial charge on any atom is -0.468 e. The van der Waals surface area contributed by atoms with Crippen molar-refractivity contribution in [1.82, 2.24) is 0 Å². The Balaban J connectivity index is 1.94. The van der Waals surface area contributed by atoms with Gasteiger partial charge in [0.05, 0.1) is 14.2 Å².